The minimum atomic E-state index is -4.58. The molecule has 3 heterocycles. The summed E-state index contributed by atoms with van der Waals surface area (Å²) in [6, 6.07) is 6.77. The van der Waals surface area contributed by atoms with Gasteiger partial charge >= 0.3 is 6.18 Å². The lowest BCUT2D eigenvalue weighted by Crippen LogP contribution is -2.36. The number of aromatic nitrogens is 4. The van der Waals surface area contributed by atoms with Gasteiger partial charge in [-0.05, 0) is 25.0 Å². The van der Waals surface area contributed by atoms with E-state index >= 15 is 0 Å². The van der Waals surface area contributed by atoms with Crippen LogP contribution < -0.4 is 9.80 Å². The maximum atomic E-state index is 13.5. The van der Waals surface area contributed by atoms with Gasteiger partial charge in [0.25, 0.3) is 0 Å². The first-order chi connectivity index (χ1) is 14.7. The van der Waals surface area contributed by atoms with E-state index in [9.17, 15) is 17.6 Å². The van der Waals surface area contributed by atoms with Gasteiger partial charge in [0.15, 0.2) is 5.69 Å². The van der Waals surface area contributed by atoms with E-state index in [0.717, 1.165) is 12.5 Å². The molecule has 0 amide bonds. The molecule has 164 valence electrons. The second-order valence-corrected chi connectivity index (χ2v) is 7.56. The lowest BCUT2D eigenvalue weighted by Gasteiger charge is -2.31. The SMILES string of the molecule is CN(C)c1cc(C(F)(F)F)nc(N2CCCC(c3nc(-c4cccc(F)c4)no3)C2)n1. The Morgan fingerprint density at radius 1 is 1.13 bits per heavy atom. The molecule has 4 rings (SSSR count). The molecule has 2 aromatic heterocycles. The Hall–Kier alpha value is -3.24. The van der Waals surface area contributed by atoms with E-state index in [4.69, 9.17) is 4.52 Å². The van der Waals surface area contributed by atoms with Crippen molar-refractivity contribution < 1.29 is 22.1 Å². The van der Waals surface area contributed by atoms with Crippen molar-refractivity contribution in [2.45, 2.75) is 24.9 Å². The fourth-order valence-electron chi connectivity index (χ4n) is 3.44. The molecule has 1 fully saturated rings. The fraction of sp³-hybridized carbons (Fsp3) is 0.400. The number of hydrogen-bond donors (Lipinski definition) is 0. The van der Waals surface area contributed by atoms with Crippen LogP contribution in [0.1, 0.15) is 30.3 Å². The Bertz CT molecular complexity index is 1070. The molecule has 7 nitrogen and oxygen atoms in total. The Morgan fingerprint density at radius 3 is 2.65 bits per heavy atom. The fourth-order valence-corrected chi connectivity index (χ4v) is 3.44. The van der Waals surface area contributed by atoms with E-state index in [1.165, 1.54) is 17.0 Å². The van der Waals surface area contributed by atoms with Crippen molar-refractivity contribution in [2.75, 3.05) is 37.0 Å². The van der Waals surface area contributed by atoms with Gasteiger partial charge in [0.1, 0.15) is 11.6 Å². The van der Waals surface area contributed by atoms with Crippen LogP contribution in [0.15, 0.2) is 34.9 Å². The van der Waals surface area contributed by atoms with E-state index in [2.05, 4.69) is 20.1 Å². The Kier molecular flexibility index (Phi) is 5.50. The zero-order valence-corrected chi connectivity index (χ0v) is 16.9. The van der Waals surface area contributed by atoms with E-state index in [0.29, 0.717) is 31.0 Å². The molecular formula is C20H20F4N6O. The normalized spacial score (nSPS) is 17.1. The van der Waals surface area contributed by atoms with E-state index < -0.39 is 17.7 Å². The molecule has 1 aromatic carbocycles. The average Bonchev–Trinajstić information content (AvgIpc) is 3.23. The van der Waals surface area contributed by atoms with Crippen molar-refractivity contribution in [3.05, 3.63) is 47.7 Å². The van der Waals surface area contributed by atoms with Gasteiger partial charge in [-0.3, -0.25) is 0 Å². The van der Waals surface area contributed by atoms with Crippen molar-refractivity contribution in [1.29, 1.82) is 0 Å². The number of nitrogens with zero attached hydrogens (tertiary/aromatic N) is 6. The highest BCUT2D eigenvalue weighted by atomic mass is 19.4. The number of alkyl halides is 3. The third kappa shape index (κ3) is 4.59. The van der Waals surface area contributed by atoms with Crippen molar-refractivity contribution >= 4 is 11.8 Å². The molecular weight excluding hydrogens is 416 g/mol. The maximum Gasteiger partial charge on any atom is 0.433 e. The lowest BCUT2D eigenvalue weighted by atomic mass is 9.98. The largest absolute Gasteiger partial charge is 0.433 e. The number of piperidine rings is 1. The molecule has 1 unspecified atom stereocenters. The third-order valence-electron chi connectivity index (χ3n) is 5.03. The monoisotopic (exact) mass is 436 g/mol. The van der Waals surface area contributed by atoms with Crippen molar-refractivity contribution in [3.63, 3.8) is 0 Å². The van der Waals surface area contributed by atoms with Crippen LogP contribution in [0.2, 0.25) is 0 Å². The summed E-state index contributed by atoms with van der Waals surface area (Å²) in [7, 11) is 3.25. The van der Waals surface area contributed by atoms with Crippen LogP contribution in [0.3, 0.4) is 0 Å². The molecule has 1 saturated heterocycles. The van der Waals surface area contributed by atoms with Crippen LogP contribution in [-0.4, -0.2) is 47.3 Å². The van der Waals surface area contributed by atoms with Crippen LogP contribution >= 0.6 is 0 Å². The molecule has 0 spiro atoms. The zero-order valence-electron chi connectivity index (χ0n) is 16.9. The van der Waals surface area contributed by atoms with Gasteiger partial charge in [-0.1, -0.05) is 17.3 Å². The van der Waals surface area contributed by atoms with Crippen LogP contribution in [-0.2, 0) is 6.18 Å². The molecule has 0 N–H and O–H groups in total. The quantitative estimate of drug-likeness (QED) is 0.570. The van der Waals surface area contributed by atoms with Gasteiger partial charge in [0, 0.05) is 38.8 Å². The van der Waals surface area contributed by atoms with Crippen LogP contribution in [0, 0.1) is 5.82 Å². The van der Waals surface area contributed by atoms with Crippen molar-refractivity contribution in [1.82, 2.24) is 20.1 Å². The van der Waals surface area contributed by atoms with Gasteiger partial charge in [-0.15, -0.1) is 0 Å². The van der Waals surface area contributed by atoms with Gasteiger partial charge in [-0.25, -0.2) is 9.37 Å². The first-order valence-corrected chi connectivity index (χ1v) is 9.69. The Labute approximate surface area is 175 Å². The van der Waals surface area contributed by atoms with Gasteiger partial charge in [0.05, 0.1) is 5.92 Å². The smallest absolute Gasteiger partial charge is 0.363 e. The van der Waals surface area contributed by atoms with Crippen LogP contribution in [0.4, 0.5) is 29.3 Å². The molecule has 1 aliphatic heterocycles. The summed E-state index contributed by atoms with van der Waals surface area (Å²) in [6.07, 6.45) is -3.16. The summed E-state index contributed by atoms with van der Waals surface area (Å²) in [5, 5.41) is 3.93. The average molecular weight is 436 g/mol. The van der Waals surface area contributed by atoms with Gasteiger partial charge in [0.2, 0.25) is 17.7 Å². The molecule has 0 bridgehead atoms. The number of hydrogen-bond acceptors (Lipinski definition) is 7. The second-order valence-electron chi connectivity index (χ2n) is 7.56. The summed E-state index contributed by atoms with van der Waals surface area (Å²) in [5.41, 5.74) is -0.506. The van der Waals surface area contributed by atoms with Gasteiger partial charge < -0.3 is 14.3 Å². The topological polar surface area (TPSA) is 71.2 Å². The second kappa shape index (κ2) is 8.12. The standard InChI is InChI=1S/C20H20F4N6O/c1-29(2)16-10-15(20(22,23)24)25-19(26-16)30-8-4-6-13(11-30)18-27-17(28-31-18)12-5-3-7-14(21)9-12/h3,5,7,9-10,13H,4,6,8,11H2,1-2H3. The number of benzene rings is 1. The number of halogens is 4. The highest BCUT2D eigenvalue weighted by Crippen LogP contribution is 2.33. The minimum absolute atomic E-state index is 0.00749. The molecule has 1 aliphatic rings. The molecule has 0 aliphatic carbocycles. The zero-order chi connectivity index (χ0) is 22.2. The summed E-state index contributed by atoms with van der Waals surface area (Å²) >= 11 is 0. The van der Waals surface area contributed by atoms with Crippen molar-refractivity contribution in [3.8, 4) is 11.4 Å². The Morgan fingerprint density at radius 2 is 1.94 bits per heavy atom. The summed E-state index contributed by atoms with van der Waals surface area (Å²) < 4.78 is 58.8. The van der Waals surface area contributed by atoms with E-state index in [-0.39, 0.29) is 23.5 Å². The highest BCUT2D eigenvalue weighted by molar-refractivity contribution is 5.54. The van der Waals surface area contributed by atoms with Crippen LogP contribution in [0.5, 0.6) is 0 Å². The third-order valence-corrected chi connectivity index (χ3v) is 5.03. The maximum absolute atomic E-state index is 13.5. The van der Waals surface area contributed by atoms with Gasteiger partial charge in [-0.2, -0.15) is 23.1 Å². The molecule has 11 heteroatoms. The summed E-state index contributed by atoms with van der Waals surface area (Å²) in [6.45, 7) is 0.842. The van der Waals surface area contributed by atoms with E-state index in [1.54, 1.807) is 31.1 Å². The predicted molar refractivity (Wildman–Crippen MR) is 105 cm³/mol. The van der Waals surface area contributed by atoms with E-state index in [1.807, 2.05) is 0 Å². The number of rotatable bonds is 4. The molecule has 31 heavy (non-hydrogen) atoms. The summed E-state index contributed by atoms with van der Waals surface area (Å²) in [5.74, 6) is 0.176. The first kappa shape index (κ1) is 21.0. The summed E-state index contributed by atoms with van der Waals surface area (Å²) in [4.78, 5) is 15.6. The lowest BCUT2D eigenvalue weighted by molar-refractivity contribution is -0.141. The molecule has 0 saturated carbocycles. The van der Waals surface area contributed by atoms with Crippen LogP contribution in [0.25, 0.3) is 11.4 Å². The highest BCUT2D eigenvalue weighted by Gasteiger charge is 2.35. The van der Waals surface area contributed by atoms with Crippen molar-refractivity contribution in [2.24, 2.45) is 0 Å². The minimum Gasteiger partial charge on any atom is -0.363 e. The predicted octanol–water partition coefficient (Wildman–Crippen LogP) is 4.13. The molecule has 3 aromatic rings. The Balaban J connectivity index is 1.59. The molecule has 1 atom stereocenters. The number of anilines is 2. The first-order valence-electron chi connectivity index (χ1n) is 9.69. The molecule has 0 radical (unpaired) electrons.